The van der Waals surface area contributed by atoms with Gasteiger partial charge in [0.2, 0.25) is 6.41 Å². The lowest BCUT2D eigenvalue weighted by Gasteiger charge is -2.32. The molecule has 1 aromatic rings. The largest absolute Gasteiger partial charge is 0.472 e. The minimum atomic E-state index is 0.130. The van der Waals surface area contributed by atoms with Gasteiger partial charge in [-0.15, -0.1) is 0 Å². The summed E-state index contributed by atoms with van der Waals surface area (Å²) in [5, 5.41) is 3.25. The number of carbonyl (C=O) groups is 1. The Morgan fingerprint density at radius 1 is 1.69 bits per heavy atom. The Balaban J connectivity index is 2.15. The van der Waals surface area contributed by atoms with Gasteiger partial charge in [-0.2, -0.15) is 0 Å². The second-order valence-electron chi connectivity index (χ2n) is 3.12. The Kier molecular flexibility index (Phi) is 2.31. The SMILES string of the molecule is O=CN1CCNCC1c1ccoc1. The zero-order valence-electron chi connectivity index (χ0n) is 7.27. The van der Waals surface area contributed by atoms with Crippen molar-refractivity contribution in [1.29, 1.82) is 0 Å². The summed E-state index contributed by atoms with van der Waals surface area (Å²) in [6.45, 7) is 2.44. The molecule has 1 atom stereocenters. The minimum absolute atomic E-state index is 0.130. The first-order valence-corrected chi connectivity index (χ1v) is 4.35. The van der Waals surface area contributed by atoms with Crippen LogP contribution in [0, 0.1) is 0 Å². The van der Waals surface area contributed by atoms with Crippen LogP contribution in [0.15, 0.2) is 23.0 Å². The van der Waals surface area contributed by atoms with Crippen LogP contribution in [-0.2, 0) is 4.79 Å². The van der Waals surface area contributed by atoms with Gasteiger partial charge >= 0.3 is 0 Å². The molecule has 1 aromatic heterocycles. The normalized spacial score (nSPS) is 23.1. The molecule has 1 N–H and O–H groups in total. The highest BCUT2D eigenvalue weighted by Gasteiger charge is 2.22. The summed E-state index contributed by atoms with van der Waals surface area (Å²) in [5.74, 6) is 0. The van der Waals surface area contributed by atoms with Crippen LogP contribution in [0.2, 0.25) is 0 Å². The maximum absolute atomic E-state index is 10.7. The van der Waals surface area contributed by atoms with E-state index in [0.717, 1.165) is 31.6 Å². The summed E-state index contributed by atoms with van der Waals surface area (Å²) in [5.41, 5.74) is 1.05. The highest BCUT2D eigenvalue weighted by atomic mass is 16.3. The van der Waals surface area contributed by atoms with Crippen LogP contribution >= 0.6 is 0 Å². The van der Waals surface area contributed by atoms with Crippen LogP contribution in [0.5, 0.6) is 0 Å². The Hall–Kier alpha value is -1.29. The third-order valence-electron chi connectivity index (χ3n) is 2.35. The molecule has 0 bridgehead atoms. The molecule has 2 rings (SSSR count). The fourth-order valence-corrected chi connectivity index (χ4v) is 1.62. The van der Waals surface area contributed by atoms with E-state index in [-0.39, 0.29) is 6.04 Å². The van der Waals surface area contributed by atoms with Gasteiger partial charge in [0.15, 0.2) is 0 Å². The van der Waals surface area contributed by atoms with Gasteiger partial charge in [-0.1, -0.05) is 0 Å². The monoisotopic (exact) mass is 180 g/mol. The van der Waals surface area contributed by atoms with Crippen molar-refractivity contribution in [2.75, 3.05) is 19.6 Å². The van der Waals surface area contributed by atoms with Crippen LogP contribution < -0.4 is 5.32 Å². The molecule has 13 heavy (non-hydrogen) atoms. The topological polar surface area (TPSA) is 45.5 Å². The van der Waals surface area contributed by atoms with Crippen molar-refractivity contribution in [3.63, 3.8) is 0 Å². The maximum Gasteiger partial charge on any atom is 0.210 e. The molecule has 0 spiro atoms. The number of hydrogen-bond donors (Lipinski definition) is 1. The number of amides is 1. The average molecular weight is 180 g/mol. The lowest BCUT2D eigenvalue weighted by molar-refractivity contribution is -0.121. The zero-order valence-corrected chi connectivity index (χ0v) is 7.27. The van der Waals surface area contributed by atoms with Crippen molar-refractivity contribution >= 4 is 6.41 Å². The van der Waals surface area contributed by atoms with Crippen LogP contribution in [0.4, 0.5) is 0 Å². The van der Waals surface area contributed by atoms with E-state index in [4.69, 9.17) is 4.42 Å². The molecule has 4 heteroatoms. The molecule has 0 saturated carbocycles. The van der Waals surface area contributed by atoms with Crippen LogP contribution in [0.3, 0.4) is 0 Å². The van der Waals surface area contributed by atoms with Gasteiger partial charge in [-0.25, -0.2) is 0 Å². The Bertz CT molecular complexity index is 271. The van der Waals surface area contributed by atoms with E-state index < -0.39 is 0 Å². The summed E-state index contributed by atoms with van der Waals surface area (Å²) in [7, 11) is 0. The van der Waals surface area contributed by atoms with E-state index in [1.54, 1.807) is 17.4 Å². The molecule has 0 aromatic carbocycles. The van der Waals surface area contributed by atoms with Gasteiger partial charge in [-0.3, -0.25) is 4.79 Å². The quantitative estimate of drug-likeness (QED) is 0.669. The molecule has 0 radical (unpaired) electrons. The second kappa shape index (κ2) is 3.62. The number of furan rings is 1. The first kappa shape index (κ1) is 8.31. The number of carbonyl (C=O) groups excluding carboxylic acids is 1. The van der Waals surface area contributed by atoms with Gasteiger partial charge in [0.05, 0.1) is 18.6 Å². The van der Waals surface area contributed by atoms with Crippen molar-refractivity contribution in [2.45, 2.75) is 6.04 Å². The molecule has 70 valence electrons. The Labute approximate surface area is 76.5 Å². The van der Waals surface area contributed by atoms with Gasteiger partial charge < -0.3 is 14.6 Å². The summed E-state index contributed by atoms with van der Waals surface area (Å²) >= 11 is 0. The maximum atomic E-state index is 10.7. The van der Waals surface area contributed by atoms with Crippen molar-refractivity contribution in [3.8, 4) is 0 Å². The lowest BCUT2D eigenvalue weighted by Crippen LogP contribution is -2.45. The summed E-state index contributed by atoms with van der Waals surface area (Å²) in [4.78, 5) is 12.5. The van der Waals surface area contributed by atoms with Crippen LogP contribution in [0.25, 0.3) is 0 Å². The van der Waals surface area contributed by atoms with Gasteiger partial charge in [0.25, 0.3) is 0 Å². The van der Waals surface area contributed by atoms with Crippen molar-refractivity contribution < 1.29 is 9.21 Å². The first-order chi connectivity index (χ1) is 6.42. The lowest BCUT2D eigenvalue weighted by atomic mass is 10.1. The summed E-state index contributed by atoms with van der Waals surface area (Å²) in [6, 6.07) is 2.03. The smallest absolute Gasteiger partial charge is 0.210 e. The Morgan fingerprint density at radius 3 is 3.31 bits per heavy atom. The third kappa shape index (κ3) is 1.58. The molecule has 1 amide bonds. The van der Waals surface area contributed by atoms with Gasteiger partial charge in [-0.05, 0) is 6.07 Å². The molecule has 4 nitrogen and oxygen atoms in total. The van der Waals surface area contributed by atoms with Crippen molar-refractivity contribution in [1.82, 2.24) is 10.2 Å². The molecular formula is C9H12N2O2. The number of nitrogens with one attached hydrogen (secondary N) is 1. The Morgan fingerprint density at radius 2 is 2.62 bits per heavy atom. The number of nitrogens with zero attached hydrogens (tertiary/aromatic N) is 1. The van der Waals surface area contributed by atoms with E-state index in [9.17, 15) is 4.79 Å². The molecule has 1 fully saturated rings. The first-order valence-electron chi connectivity index (χ1n) is 4.35. The van der Waals surface area contributed by atoms with Crippen LogP contribution in [0.1, 0.15) is 11.6 Å². The second-order valence-corrected chi connectivity index (χ2v) is 3.12. The van der Waals surface area contributed by atoms with Crippen molar-refractivity contribution in [3.05, 3.63) is 24.2 Å². The fourth-order valence-electron chi connectivity index (χ4n) is 1.62. The number of rotatable bonds is 2. The van der Waals surface area contributed by atoms with Gasteiger partial charge in [0.1, 0.15) is 0 Å². The molecule has 2 heterocycles. The number of piperazine rings is 1. The van der Waals surface area contributed by atoms with Gasteiger partial charge in [0, 0.05) is 25.2 Å². The highest BCUT2D eigenvalue weighted by molar-refractivity contribution is 5.49. The van der Waals surface area contributed by atoms with Crippen LogP contribution in [-0.4, -0.2) is 30.9 Å². The third-order valence-corrected chi connectivity index (χ3v) is 2.35. The molecular weight excluding hydrogens is 168 g/mol. The predicted octanol–water partition coefficient (Wildman–Crippen LogP) is 0.382. The van der Waals surface area contributed by atoms with E-state index in [1.807, 2.05) is 6.07 Å². The van der Waals surface area contributed by atoms with Crippen molar-refractivity contribution in [2.24, 2.45) is 0 Å². The number of hydrogen-bond acceptors (Lipinski definition) is 3. The molecule has 1 aliphatic rings. The van der Waals surface area contributed by atoms with E-state index in [0.29, 0.717) is 0 Å². The average Bonchev–Trinajstić information content (AvgIpc) is 2.70. The predicted molar refractivity (Wildman–Crippen MR) is 47.1 cm³/mol. The molecule has 0 aliphatic carbocycles. The zero-order chi connectivity index (χ0) is 9.10. The molecule has 1 unspecified atom stereocenters. The standard InChI is InChI=1S/C9H12N2O2/c12-7-11-3-2-10-5-9(11)8-1-4-13-6-8/h1,4,6-7,9-10H,2-3,5H2. The fraction of sp³-hybridized carbons (Fsp3) is 0.444. The van der Waals surface area contributed by atoms with E-state index >= 15 is 0 Å². The molecule has 1 aliphatic heterocycles. The molecule has 1 saturated heterocycles. The minimum Gasteiger partial charge on any atom is -0.472 e. The van der Waals surface area contributed by atoms with E-state index in [1.165, 1.54) is 0 Å². The van der Waals surface area contributed by atoms with E-state index in [2.05, 4.69) is 5.32 Å². The highest BCUT2D eigenvalue weighted by Crippen LogP contribution is 2.20. The summed E-state index contributed by atoms with van der Waals surface area (Å²) in [6.07, 6.45) is 4.22. The summed E-state index contributed by atoms with van der Waals surface area (Å²) < 4.78 is 4.99.